The monoisotopic (exact) mass is 465 g/mol. The summed E-state index contributed by atoms with van der Waals surface area (Å²) in [6, 6.07) is 15.8. The molecule has 8 nitrogen and oxygen atoms in total. The highest BCUT2D eigenvalue weighted by Crippen LogP contribution is 2.31. The number of amides is 3. The van der Waals surface area contributed by atoms with E-state index in [2.05, 4.69) is 10.6 Å². The molecule has 2 unspecified atom stereocenters. The van der Waals surface area contributed by atoms with Gasteiger partial charge in [0.25, 0.3) is 0 Å². The van der Waals surface area contributed by atoms with Gasteiger partial charge in [0.05, 0.1) is 24.1 Å². The number of methoxy groups -OCH3 is 1. The smallest absolute Gasteiger partial charge is 0.338 e. The van der Waals surface area contributed by atoms with Crippen molar-refractivity contribution in [3.8, 4) is 0 Å². The van der Waals surface area contributed by atoms with Gasteiger partial charge >= 0.3 is 12.0 Å². The molecule has 3 rings (SSSR count). The molecule has 1 aliphatic heterocycles. The predicted octanol–water partition coefficient (Wildman–Crippen LogP) is 3.98. The molecule has 0 radical (unpaired) electrons. The second-order valence-electron chi connectivity index (χ2n) is 8.05. The number of allylic oxidation sites excluding steroid dienone is 1. The lowest BCUT2D eigenvalue weighted by Crippen LogP contribution is -2.46. The van der Waals surface area contributed by atoms with E-state index < -0.39 is 12.0 Å². The van der Waals surface area contributed by atoms with E-state index in [1.54, 1.807) is 38.2 Å². The fraction of sp³-hybridized carbons (Fsp3) is 0.346. The highest BCUT2D eigenvalue weighted by atomic mass is 16.6. The predicted molar refractivity (Wildman–Crippen MR) is 129 cm³/mol. The lowest BCUT2D eigenvalue weighted by atomic mass is 9.94. The van der Waals surface area contributed by atoms with Crippen molar-refractivity contribution >= 4 is 23.6 Å². The van der Waals surface area contributed by atoms with Crippen LogP contribution < -0.4 is 10.6 Å². The van der Waals surface area contributed by atoms with E-state index in [0.29, 0.717) is 28.9 Å². The van der Waals surface area contributed by atoms with Gasteiger partial charge in [0.15, 0.2) is 0 Å². The third kappa shape index (κ3) is 5.63. The van der Waals surface area contributed by atoms with Crippen LogP contribution in [0.25, 0.3) is 0 Å². The van der Waals surface area contributed by atoms with Crippen LogP contribution in [0.15, 0.2) is 65.9 Å². The SMILES string of the molecule is CCC(C(=O)Nc1ccc(C2NC(=O)N(C)C(C)=C2C(=O)OCCOC)cc1)c1ccccc1. The van der Waals surface area contributed by atoms with Crippen molar-refractivity contribution < 1.29 is 23.9 Å². The Balaban J connectivity index is 1.79. The summed E-state index contributed by atoms with van der Waals surface area (Å²) in [5, 5.41) is 5.82. The number of nitrogens with one attached hydrogen (secondary N) is 2. The molecule has 1 aliphatic rings. The molecule has 0 bridgehead atoms. The summed E-state index contributed by atoms with van der Waals surface area (Å²) >= 11 is 0. The number of hydrogen-bond acceptors (Lipinski definition) is 5. The topological polar surface area (TPSA) is 97.0 Å². The molecule has 34 heavy (non-hydrogen) atoms. The Morgan fingerprint density at radius 2 is 1.76 bits per heavy atom. The van der Waals surface area contributed by atoms with Crippen molar-refractivity contribution in [2.75, 3.05) is 32.7 Å². The number of ether oxygens (including phenoxy) is 2. The lowest BCUT2D eigenvalue weighted by molar-refractivity contribution is -0.140. The van der Waals surface area contributed by atoms with Crippen LogP contribution in [-0.4, -0.2) is 50.2 Å². The van der Waals surface area contributed by atoms with Gasteiger partial charge in [-0.15, -0.1) is 0 Å². The van der Waals surface area contributed by atoms with Crippen LogP contribution in [0.2, 0.25) is 0 Å². The number of rotatable bonds is 9. The number of anilines is 1. The second-order valence-corrected chi connectivity index (χ2v) is 8.05. The van der Waals surface area contributed by atoms with Crippen molar-refractivity contribution in [1.82, 2.24) is 10.2 Å². The second kappa shape index (κ2) is 11.5. The van der Waals surface area contributed by atoms with Gasteiger partial charge in [-0.05, 0) is 36.6 Å². The normalized spacial score (nSPS) is 16.6. The summed E-state index contributed by atoms with van der Waals surface area (Å²) < 4.78 is 10.3. The van der Waals surface area contributed by atoms with Crippen molar-refractivity contribution in [2.45, 2.75) is 32.2 Å². The average Bonchev–Trinajstić information content (AvgIpc) is 2.84. The minimum atomic E-state index is -0.670. The van der Waals surface area contributed by atoms with E-state index in [-0.39, 0.29) is 31.1 Å². The van der Waals surface area contributed by atoms with Crippen LogP contribution in [-0.2, 0) is 19.1 Å². The Kier molecular flexibility index (Phi) is 8.43. The van der Waals surface area contributed by atoms with Gasteiger partial charge in [-0.1, -0.05) is 49.4 Å². The first kappa shape index (κ1) is 25.0. The zero-order chi connectivity index (χ0) is 24.7. The molecule has 0 spiro atoms. The molecule has 8 heteroatoms. The number of nitrogens with zero attached hydrogens (tertiary/aromatic N) is 1. The highest BCUT2D eigenvalue weighted by molar-refractivity contribution is 5.96. The zero-order valence-corrected chi connectivity index (χ0v) is 20.0. The van der Waals surface area contributed by atoms with Crippen LogP contribution in [0.4, 0.5) is 10.5 Å². The van der Waals surface area contributed by atoms with Crippen molar-refractivity contribution in [3.05, 3.63) is 77.0 Å². The summed E-state index contributed by atoms with van der Waals surface area (Å²) in [6.07, 6.45) is 0.675. The summed E-state index contributed by atoms with van der Waals surface area (Å²) in [5.74, 6) is -0.863. The molecule has 0 aliphatic carbocycles. The summed E-state index contributed by atoms with van der Waals surface area (Å²) in [4.78, 5) is 39.5. The molecule has 180 valence electrons. The maximum atomic E-state index is 12.9. The molecule has 2 aromatic rings. The first-order valence-corrected chi connectivity index (χ1v) is 11.2. The van der Waals surface area contributed by atoms with Crippen LogP contribution in [0.1, 0.15) is 43.4 Å². The van der Waals surface area contributed by atoms with E-state index in [4.69, 9.17) is 9.47 Å². The number of esters is 1. The van der Waals surface area contributed by atoms with Crippen LogP contribution >= 0.6 is 0 Å². The summed E-state index contributed by atoms with van der Waals surface area (Å²) in [7, 11) is 3.12. The molecule has 0 aromatic heterocycles. The fourth-order valence-electron chi connectivity index (χ4n) is 3.89. The van der Waals surface area contributed by atoms with E-state index in [1.165, 1.54) is 12.0 Å². The Morgan fingerprint density at radius 1 is 1.09 bits per heavy atom. The van der Waals surface area contributed by atoms with Crippen LogP contribution in [0, 0.1) is 0 Å². The van der Waals surface area contributed by atoms with E-state index in [9.17, 15) is 14.4 Å². The summed E-state index contributed by atoms with van der Waals surface area (Å²) in [5.41, 5.74) is 3.16. The zero-order valence-electron chi connectivity index (χ0n) is 20.0. The number of hydrogen-bond donors (Lipinski definition) is 2. The minimum absolute atomic E-state index is 0.0906. The Bertz CT molecular complexity index is 1050. The van der Waals surface area contributed by atoms with Crippen LogP contribution in [0.5, 0.6) is 0 Å². The Labute approximate surface area is 199 Å². The van der Waals surface area contributed by atoms with Crippen molar-refractivity contribution in [3.63, 3.8) is 0 Å². The molecular weight excluding hydrogens is 434 g/mol. The Hall–Kier alpha value is -3.65. The van der Waals surface area contributed by atoms with Crippen molar-refractivity contribution in [1.29, 1.82) is 0 Å². The van der Waals surface area contributed by atoms with Gasteiger partial charge in [-0.2, -0.15) is 0 Å². The number of urea groups is 1. The van der Waals surface area contributed by atoms with Gasteiger partial charge in [0, 0.05) is 25.5 Å². The van der Waals surface area contributed by atoms with Gasteiger partial charge in [-0.25, -0.2) is 9.59 Å². The van der Waals surface area contributed by atoms with Gasteiger partial charge in [0.2, 0.25) is 5.91 Å². The average molecular weight is 466 g/mol. The molecular formula is C26H31N3O5. The Morgan fingerprint density at radius 3 is 2.38 bits per heavy atom. The molecule has 2 aromatic carbocycles. The molecule has 1 heterocycles. The third-order valence-electron chi connectivity index (χ3n) is 5.93. The molecule has 0 saturated heterocycles. The number of benzene rings is 2. The number of carbonyl (C=O) groups excluding carboxylic acids is 3. The van der Waals surface area contributed by atoms with Gasteiger partial charge < -0.3 is 25.0 Å². The number of carbonyl (C=O) groups is 3. The fourth-order valence-corrected chi connectivity index (χ4v) is 3.89. The summed E-state index contributed by atoms with van der Waals surface area (Å²) in [6.45, 7) is 4.08. The minimum Gasteiger partial charge on any atom is -0.460 e. The first-order chi connectivity index (χ1) is 16.4. The highest BCUT2D eigenvalue weighted by Gasteiger charge is 2.35. The molecule has 2 atom stereocenters. The van der Waals surface area contributed by atoms with Crippen molar-refractivity contribution in [2.24, 2.45) is 0 Å². The molecule has 0 fully saturated rings. The quantitative estimate of drug-likeness (QED) is 0.431. The molecule has 3 amide bonds. The maximum absolute atomic E-state index is 12.9. The van der Waals surface area contributed by atoms with Gasteiger partial charge in [-0.3, -0.25) is 4.79 Å². The van der Waals surface area contributed by atoms with E-state index in [0.717, 1.165) is 5.56 Å². The molecule has 0 saturated carbocycles. The first-order valence-electron chi connectivity index (χ1n) is 11.2. The third-order valence-corrected chi connectivity index (χ3v) is 5.93. The van der Waals surface area contributed by atoms with Gasteiger partial charge in [0.1, 0.15) is 6.61 Å². The standard InChI is InChI=1S/C26H31N3O5/c1-5-21(18-9-7-6-8-10-18)24(30)27-20-13-11-19(12-14-20)23-22(25(31)34-16-15-33-4)17(2)29(3)26(32)28-23/h6-14,21,23H,5,15-16H2,1-4H3,(H,27,30)(H,28,32). The van der Waals surface area contributed by atoms with E-state index >= 15 is 0 Å². The lowest BCUT2D eigenvalue weighted by Gasteiger charge is -2.33. The van der Waals surface area contributed by atoms with Crippen LogP contribution in [0.3, 0.4) is 0 Å². The maximum Gasteiger partial charge on any atom is 0.338 e. The molecule has 2 N–H and O–H groups in total. The largest absolute Gasteiger partial charge is 0.460 e. The van der Waals surface area contributed by atoms with E-state index in [1.807, 2.05) is 37.3 Å².